The first-order valence-corrected chi connectivity index (χ1v) is 5.85. The molecule has 1 aliphatic rings. The number of likely N-dealkylation sites (tertiary alicyclic amines) is 1. The minimum absolute atomic E-state index is 0.257. The standard InChI is InChI=1S/C11H24N2O2/c1-3-15-8-11(14)7-13-5-9(2)4-10(12)6-13/h9-11,14H,3-8,12H2,1-2H3. The average Bonchev–Trinajstić information content (AvgIpc) is 2.13. The SMILES string of the molecule is CCOCC(O)CN1CC(C)CC(N)C1. The van der Waals surface area contributed by atoms with Gasteiger partial charge in [-0.3, -0.25) is 4.90 Å². The third-order valence-corrected chi connectivity index (χ3v) is 2.75. The summed E-state index contributed by atoms with van der Waals surface area (Å²) in [6, 6.07) is 0.257. The van der Waals surface area contributed by atoms with Crippen LogP contribution in [0, 0.1) is 5.92 Å². The summed E-state index contributed by atoms with van der Waals surface area (Å²) >= 11 is 0. The fraction of sp³-hybridized carbons (Fsp3) is 1.00. The van der Waals surface area contributed by atoms with E-state index in [9.17, 15) is 5.11 Å². The van der Waals surface area contributed by atoms with Gasteiger partial charge in [0, 0.05) is 32.3 Å². The van der Waals surface area contributed by atoms with Crippen molar-refractivity contribution in [3.05, 3.63) is 0 Å². The number of hydrogen-bond acceptors (Lipinski definition) is 4. The van der Waals surface area contributed by atoms with Gasteiger partial charge in [-0.15, -0.1) is 0 Å². The molecule has 1 aliphatic heterocycles. The topological polar surface area (TPSA) is 58.7 Å². The summed E-state index contributed by atoms with van der Waals surface area (Å²) in [7, 11) is 0. The van der Waals surface area contributed by atoms with Crippen molar-refractivity contribution in [3.8, 4) is 0 Å². The Kier molecular flexibility index (Phi) is 5.53. The van der Waals surface area contributed by atoms with Crippen LogP contribution in [0.1, 0.15) is 20.3 Å². The van der Waals surface area contributed by atoms with Crippen molar-refractivity contribution in [1.29, 1.82) is 0 Å². The second-order valence-electron chi connectivity index (χ2n) is 4.63. The van der Waals surface area contributed by atoms with E-state index in [0.29, 0.717) is 25.7 Å². The Morgan fingerprint density at radius 2 is 2.27 bits per heavy atom. The quantitative estimate of drug-likeness (QED) is 0.682. The molecule has 0 aliphatic carbocycles. The van der Waals surface area contributed by atoms with Crippen LogP contribution in [-0.4, -0.2) is 55.0 Å². The van der Waals surface area contributed by atoms with Crippen molar-refractivity contribution in [3.63, 3.8) is 0 Å². The Morgan fingerprint density at radius 1 is 1.53 bits per heavy atom. The monoisotopic (exact) mass is 216 g/mol. The summed E-state index contributed by atoms with van der Waals surface area (Å²) in [6.07, 6.45) is 0.709. The summed E-state index contributed by atoms with van der Waals surface area (Å²) in [6.45, 7) is 7.85. The van der Waals surface area contributed by atoms with Gasteiger partial charge in [-0.05, 0) is 19.3 Å². The van der Waals surface area contributed by atoms with Gasteiger partial charge in [0.25, 0.3) is 0 Å². The van der Waals surface area contributed by atoms with Gasteiger partial charge in [0.05, 0.1) is 12.7 Å². The van der Waals surface area contributed by atoms with Crippen LogP contribution < -0.4 is 5.73 Å². The molecule has 3 atom stereocenters. The van der Waals surface area contributed by atoms with Gasteiger partial charge in [-0.2, -0.15) is 0 Å². The maximum Gasteiger partial charge on any atom is 0.0900 e. The summed E-state index contributed by atoms with van der Waals surface area (Å²) in [5, 5.41) is 9.70. The van der Waals surface area contributed by atoms with Gasteiger partial charge in [0.1, 0.15) is 0 Å². The third kappa shape index (κ3) is 4.93. The largest absolute Gasteiger partial charge is 0.389 e. The number of nitrogens with two attached hydrogens (primary N) is 1. The van der Waals surface area contributed by atoms with Gasteiger partial charge < -0.3 is 15.6 Å². The molecule has 1 saturated heterocycles. The van der Waals surface area contributed by atoms with Crippen LogP contribution >= 0.6 is 0 Å². The molecule has 0 aromatic heterocycles. The van der Waals surface area contributed by atoms with Gasteiger partial charge in [-0.1, -0.05) is 6.92 Å². The van der Waals surface area contributed by atoms with Crippen LogP contribution in [0.25, 0.3) is 0 Å². The molecule has 1 heterocycles. The van der Waals surface area contributed by atoms with Crippen LogP contribution in [-0.2, 0) is 4.74 Å². The molecule has 0 bridgehead atoms. The highest BCUT2D eigenvalue weighted by atomic mass is 16.5. The lowest BCUT2D eigenvalue weighted by Crippen LogP contribution is -2.49. The molecule has 0 amide bonds. The van der Waals surface area contributed by atoms with Gasteiger partial charge in [0.2, 0.25) is 0 Å². The summed E-state index contributed by atoms with van der Waals surface area (Å²) in [5.41, 5.74) is 5.94. The molecule has 3 N–H and O–H groups in total. The van der Waals surface area contributed by atoms with Crippen molar-refractivity contribution >= 4 is 0 Å². The Bertz CT molecular complexity index is 168. The van der Waals surface area contributed by atoms with E-state index < -0.39 is 0 Å². The van der Waals surface area contributed by atoms with Crippen molar-refractivity contribution in [2.24, 2.45) is 11.7 Å². The number of nitrogens with zero attached hydrogens (tertiary/aromatic N) is 1. The smallest absolute Gasteiger partial charge is 0.0900 e. The number of aliphatic hydroxyl groups is 1. The molecular weight excluding hydrogens is 192 g/mol. The lowest BCUT2D eigenvalue weighted by atomic mass is 9.96. The van der Waals surface area contributed by atoms with Crippen molar-refractivity contribution in [1.82, 2.24) is 4.90 Å². The van der Waals surface area contributed by atoms with E-state index in [2.05, 4.69) is 11.8 Å². The first kappa shape index (κ1) is 12.9. The zero-order chi connectivity index (χ0) is 11.3. The molecule has 1 fully saturated rings. The molecule has 90 valence electrons. The number of rotatable bonds is 5. The predicted octanol–water partition coefficient (Wildman–Crippen LogP) is 0.0529. The highest BCUT2D eigenvalue weighted by Crippen LogP contribution is 2.14. The summed E-state index contributed by atoms with van der Waals surface area (Å²) in [4.78, 5) is 2.24. The van der Waals surface area contributed by atoms with E-state index in [1.54, 1.807) is 0 Å². The van der Waals surface area contributed by atoms with E-state index in [-0.39, 0.29) is 12.1 Å². The van der Waals surface area contributed by atoms with E-state index in [1.807, 2.05) is 6.92 Å². The zero-order valence-corrected chi connectivity index (χ0v) is 9.85. The summed E-state index contributed by atoms with van der Waals surface area (Å²) in [5.74, 6) is 0.632. The Balaban J connectivity index is 2.24. The van der Waals surface area contributed by atoms with E-state index >= 15 is 0 Å². The van der Waals surface area contributed by atoms with Crippen molar-refractivity contribution in [2.45, 2.75) is 32.4 Å². The lowest BCUT2D eigenvalue weighted by molar-refractivity contribution is 0.0118. The first-order valence-electron chi connectivity index (χ1n) is 5.85. The van der Waals surface area contributed by atoms with E-state index in [0.717, 1.165) is 19.5 Å². The first-order chi connectivity index (χ1) is 7.11. The van der Waals surface area contributed by atoms with Crippen LogP contribution in [0.2, 0.25) is 0 Å². The minimum Gasteiger partial charge on any atom is -0.389 e. The predicted molar refractivity (Wildman–Crippen MR) is 60.7 cm³/mol. The van der Waals surface area contributed by atoms with Gasteiger partial charge in [-0.25, -0.2) is 0 Å². The van der Waals surface area contributed by atoms with Crippen LogP contribution in [0.5, 0.6) is 0 Å². The molecule has 1 rings (SSSR count). The Labute approximate surface area is 92.4 Å². The molecule has 0 radical (unpaired) electrons. The van der Waals surface area contributed by atoms with Crippen molar-refractivity contribution in [2.75, 3.05) is 32.8 Å². The Morgan fingerprint density at radius 3 is 2.87 bits per heavy atom. The number of hydrogen-bond donors (Lipinski definition) is 2. The number of aliphatic hydroxyl groups excluding tert-OH is 1. The molecule has 0 aromatic rings. The minimum atomic E-state index is -0.387. The molecule has 0 aromatic carbocycles. The highest BCUT2D eigenvalue weighted by Gasteiger charge is 2.23. The second-order valence-corrected chi connectivity index (χ2v) is 4.63. The maximum atomic E-state index is 9.70. The summed E-state index contributed by atoms with van der Waals surface area (Å²) < 4.78 is 5.18. The van der Waals surface area contributed by atoms with Crippen molar-refractivity contribution < 1.29 is 9.84 Å². The number of piperidine rings is 1. The van der Waals surface area contributed by atoms with Crippen LogP contribution in [0.4, 0.5) is 0 Å². The molecular formula is C11H24N2O2. The van der Waals surface area contributed by atoms with E-state index in [1.165, 1.54) is 0 Å². The number of ether oxygens (including phenoxy) is 1. The molecule has 0 saturated carbocycles. The van der Waals surface area contributed by atoms with Crippen LogP contribution in [0.15, 0.2) is 0 Å². The maximum absolute atomic E-state index is 9.70. The third-order valence-electron chi connectivity index (χ3n) is 2.75. The molecule has 15 heavy (non-hydrogen) atoms. The molecule has 0 spiro atoms. The van der Waals surface area contributed by atoms with Crippen LogP contribution in [0.3, 0.4) is 0 Å². The average molecular weight is 216 g/mol. The zero-order valence-electron chi connectivity index (χ0n) is 9.85. The highest BCUT2D eigenvalue weighted by molar-refractivity contribution is 4.80. The molecule has 3 unspecified atom stereocenters. The van der Waals surface area contributed by atoms with Gasteiger partial charge in [0.15, 0.2) is 0 Å². The van der Waals surface area contributed by atoms with E-state index in [4.69, 9.17) is 10.5 Å². The fourth-order valence-electron chi connectivity index (χ4n) is 2.27. The second kappa shape index (κ2) is 6.43. The lowest BCUT2D eigenvalue weighted by Gasteiger charge is -2.35. The molecule has 4 nitrogen and oxygen atoms in total. The fourth-order valence-corrected chi connectivity index (χ4v) is 2.27. The molecule has 4 heteroatoms. The Hall–Kier alpha value is -0.160. The number of β-amino-alcohol motifs (C(OH)–C–C–N with tert-alkyl or cyclic N) is 1. The van der Waals surface area contributed by atoms with Gasteiger partial charge >= 0.3 is 0 Å². The normalized spacial score (nSPS) is 30.4.